The van der Waals surface area contributed by atoms with Crippen LogP contribution in [0.25, 0.3) is 0 Å². The molecule has 0 bridgehead atoms. The van der Waals surface area contributed by atoms with E-state index in [-0.39, 0.29) is 5.91 Å². The number of para-hydroxylation sites is 1. The lowest BCUT2D eigenvalue weighted by Gasteiger charge is -2.13. The minimum absolute atomic E-state index is 0.200. The molecule has 166 valence electrons. The molecule has 0 atom stereocenters. The number of hydrogen-bond acceptors (Lipinski definition) is 5. The second-order valence-corrected chi connectivity index (χ2v) is 7.61. The molecule has 1 aliphatic heterocycles. The standard InChI is InChI=1S/C26H22ClN3O3/c1-3-14-30-22-11-7-5-9-20(22)25(26(30)31)29-28-16-18-12-13-23(24(15-18)32-2)33-17-19-8-4-6-10-21(19)27/h3-13,15-16H,1,14,17H2,2H3. The molecule has 7 heteroatoms. The van der Waals surface area contributed by atoms with Gasteiger partial charge >= 0.3 is 0 Å². The van der Waals surface area contributed by atoms with Crippen molar-refractivity contribution >= 4 is 35.1 Å². The summed E-state index contributed by atoms with van der Waals surface area (Å²) < 4.78 is 11.3. The van der Waals surface area contributed by atoms with Gasteiger partial charge in [-0.3, -0.25) is 4.79 Å². The summed E-state index contributed by atoms with van der Waals surface area (Å²) in [5.41, 5.74) is 3.49. The van der Waals surface area contributed by atoms with Gasteiger partial charge < -0.3 is 14.4 Å². The summed E-state index contributed by atoms with van der Waals surface area (Å²) in [6.45, 7) is 4.45. The van der Waals surface area contributed by atoms with Gasteiger partial charge in [0.25, 0.3) is 5.91 Å². The molecule has 0 fully saturated rings. The molecule has 0 N–H and O–H groups in total. The summed E-state index contributed by atoms with van der Waals surface area (Å²) in [6, 6.07) is 20.4. The first-order valence-electron chi connectivity index (χ1n) is 10.3. The van der Waals surface area contributed by atoms with E-state index in [9.17, 15) is 4.79 Å². The number of methoxy groups -OCH3 is 1. The first kappa shape index (κ1) is 22.3. The fourth-order valence-corrected chi connectivity index (χ4v) is 3.67. The van der Waals surface area contributed by atoms with Crippen molar-refractivity contribution < 1.29 is 14.3 Å². The Hall–Kier alpha value is -3.90. The van der Waals surface area contributed by atoms with E-state index in [1.165, 1.54) is 0 Å². The summed E-state index contributed by atoms with van der Waals surface area (Å²) >= 11 is 6.20. The van der Waals surface area contributed by atoms with Gasteiger partial charge in [0, 0.05) is 22.7 Å². The quantitative estimate of drug-likeness (QED) is 0.261. The number of anilines is 1. The normalized spacial score (nSPS) is 14.1. The van der Waals surface area contributed by atoms with Crippen LogP contribution in [0.1, 0.15) is 16.7 Å². The van der Waals surface area contributed by atoms with Crippen LogP contribution in [-0.2, 0) is 11.4 Å². The van der Waals surface area contributed by atoms with Crippen LogP contribution in [0.3, 0.4) is 0 Å². The zero-order valence-corrected chi connectivity index (χ0v) is 18.8. The highest BCUT2D eigenvalue weighted by molar-refractivity contribution is 6.54. The Balaban J connectivity index is 1.52. The molecule has 6 nitrogen and oxygen atoms in total. The van der Waals surface area contributed by atoms with Gasteiger partial charge in [-0.2, -0.15) is 5.10 Å². The fraction of sp³-hybridized carbons (Fsp3) is 0.115. The van der Waals surface area contributed by atoms with Gasteiger partial charge in [0.05, 0.1) is 19.0 Å². The van der Waals surface area contributed by atoms with Gasteiger partial charge in [0.2, 0.25) is 0 Å². The number of hydrogen-bond donors (Lipinski definition) is 0. The average Bonchev–Trinajstić information content (AvgIpc) is 3.10. The van der Waals surface area contributed by atoms with Gasteiger partial charge in [-0.1, -0.05) is 54.1 Å². The number of nitrogens with zero attached hydrogens (tertiary/aromatic N) is 3. The lowest BCUT2D eigenvalue weighted by atomic mass is 10.1. The molecule has 3 aromatic rings. The molecule has 3 aromatic carbocycles. The summed E-state index contributed by atoms with van der Waals surface area (Å²) in [5.74, 6) is 0.938. The van der Waals surface area contributed by atoms with E-state index in [1.54, 1.807) is 36.4 Å². The van der Waals surface area contributed by atoms with Crippen molar-refractivity contribution in [3.05, 3.63) is 101 Å². The Kier molecular flexibility index (Phi) is 6.86. The van der Waals surface area contributed by atoms with Gasteiger partial charge in [-0.05, 0) is 35.9 Å². The second kappa shape index (κ2) is 10.1. The van der Waals surface area contributed by atoms with Crippen LogP contribution in [0.4, 0.5) is 5.69 Å². The maximum atomic E-state index is 12.8. The summed E-state index contributed by atoms with van der Waals surface area (Å²) in [4.78, 5) is 14.4. The molecule has 0 aliphatic carbocycles. The molecule has 4 rings (SSSR count). The van der Waals surface area contributed by atoms with Crippen molar-refractivity contribution in [1.82, 2.24) is 0 Å². The number of rotatable bonds is 8. The van der Waals surface area contributed by atoms with E-state index >= 15 is 0 Å². The number of benzene rings is 3. The smallest absolute Gasteiger partial charge is 0.279 e. The monoisotopic (exact) mass is 459 g/mol. The Bertz CT molecular complexity index is 1250. The van der Waals surface area contributed by atoms with Crippen LogP contribution >= 0.6 is 11.6 Å². The summed E-state index contributed by atoms with van der Waals surface area (Å²) in [7, 11) is 1.57. The molecule has 1 amide bonds. The maximum absolute atomic E-state index is 12.8. The molecule has 0 radical (unpaired) electrons. The molecule has 0 saturated heterocycles. The van der Waals surface area contributed by atoms with Crippen molar-refractivity contribution in [3.63, 3.8) is 0 Å². The van der Waals surface area contributed by atoms with Crippen molar-refractivity contribution in [2.45, 2.75) is 6.61 Å². The highest BCUT2D eigenvalue weighted by Gasteiger charge is 2.32. The van der Waals surface area contributed by atoms with E-state index in [4.69, 9.17) is 21.1 Å². The lowest BCUT2D eigenvalue weighted by molar-refractivity contribution is -0.112. The molecule has 0 saturated carbocycles. The Labute approximate surface area is 197 Å². The molecular weight excluding hydrogens is 438 g/mol. The Morgan fingerprint density at radius 3 is 2.64 bits per heavy atom. The van der Waals surface area contributed by atoms with Crippen molar-refractivity contribution in [2.24, 2.45) is 10.2 Å². The van der Waals surface area contributed by atoms with E-state index in [0.717, 1.165) is 22.4 Å². The van der Waals surface area contributed by atoms with Crippen molar-refractivity contribution in [1.29, 1.82) is 0 Å². The average molecular weight is 460 g/mol. The Morgan fingerprint density at radius 1 is 1.06 bits per heavy atom. The van der Waals surface area contributed by atoms with Gasteiger partial charge in [0.1, 0.15) is 6.61 Å². The van der Waals surface area contributed by atoms with E-state index in [2.05, 4.69) is 16.8 Å². The maximum Gasteiger partial charge on any atom is 0.279 e. The van der Waals surface area contributed by atoms with Crippen LogP contribution in [-0.4, -0.2) is 31.5 Å². The van der Waals surface area contributed by atoms with Crippen LogP contribution < -0.4 is 14.4 Å². The zero-order valence-electron chi connectivity index (χ0n) is 18.1. The van der Waals surface area contributed by atoms with E-state index < -0.39 is 0 Å². The van der Waals surface area contributed by atoms with Crippen molar-refractivity contribution in [2.75, 3.05) is 18.6 Å². The largest absolute Gasteiger partial charge is 0.493 e. The fourth-order valence-electron chi connectivity index (χ4n) is 3.48. The molecule has 0 aromatic heterocycles. The second-order valence-electron chi connectivity index (χ2n) is 7.21. The third kappa shape index (κ3) is 4.81. The first-order valence-corrected chi connectivity index (χ1v) is 10.7. The predicted molar refractivity (Wildman–Crippen MR) is 132 cm³/mol. The minimum Gasteiger partial charge on any atom is -0.493 e. The Morgan fingerprint density at radius 2 is 1.85 bits per heavy atom. The lowest BCUT2D eigenvalue weighted by Crippen LogP contribution is -2.30. The highest BCUT2D eigenvalue weighted by atomic mass is 35.5. The number of carbonyl (C=O) groups is 1. The molecular formula is C26H22ClN3O3. The van der Waals surface area contributed by atoms with Crippen LogP contribution in [0, 0.1) is 0 Å². The molecule has 0 spiro atoms. The van der Waals surface area contributed by atoms with E-state index in [0.29, 0.717) is 35.4 Å². The van der Waals surface area contributed by atoms with Gasteiger partial charge in [-0.15, -0.1) is 11.7 Å². The van der Waals surface area contributed by atoms with Gasteiger partial charge in [0.15, 0.2) is 17.2 Å². The van der Waals surface area contributed by atoms with Crippen LogP contribution in [0.2, 0.25) is 5.02 Å². The topological polar surface area (TPSA) is 63.5 Å². The SMILES string of the molecule is C=CCN1C(=O)C(=NN=Cc2ccc(OCc3ccccc3Cl)c(OC)c2)c2ccccc21. The number of carbonyl (C=O) groups excluding carboxylic acids is 1. The zero-order chi connectivity index (χ0) is 23.2. The molecule has 0 unspecified atom stereocenters. The molecule has 33 heavy (non-hydrogen) atoms. The molecule has 1 aliphatic rings. The third-order valence-electron chi connectivity index (χ3n) is 5.10. The molecule has 1 heterocycles. The first-order chi connectivity index (χ1) is 16.1. The summed E-state index contributed by atoms with van der Waals surface area (Å²) in [5, 5.41) is 9.01. The third-order valence-corrected chi connectivity index (χ3v) is 5.47. The number of halogens is 1. The number of amides is 1. The predicted octanol–water partition coefficient (Wildman–Crippen LogP) is 5.28. The highest BCUT2D eigenvalue weighted by Crippen LogP contribution is 2.30. The number of ether oxygens (including phenoxy) is 2. The minimum atomic E-state index is -0.200. The van der Waals surface area contributed by atoms with Gasteiger partial charge in [-0.25, -0.2) is 0 Å². The van der Waals surface area contributed by atoms with Crippen LogP contribution in [0.15, 0.2) is 89.6 Å². The van der Waals surface area contributed by atoms with Crippen LogP contribution in [0.5, 0.6) is 11.5 Å². The van der Waals surface area contributed by atoms with Crippen molar-refractivity contribution in [3.8, 4) is 11.5 Å². The summed E-state index contributed by atoms with van der Waals surface area (Å²) in [6.07, 6.45) is 3.25. The number of fused-ring (bicyclic) bond motifs is 1. The van der Waals surface area contributed by atoms with E-state index in [1.807, 2.05) is 54.6 Å².